The van der Waals surface area contributed by atoms with Gasteiger partial charge in [-0.1, -0.05) is 0 Å². The zero-order valence-electron chi connectivity index (χ0n) is 10.4. The first-order chi connectivity index (χ1) is 8.41. The molecular weight excluding hydrogens is 258 g/mol. The molecule has 0 aliphatic rings. The third kappa shape index (κ3) is 4.03. The number of carbonyl (C=O) groups is 1. The van der Waals surface area contributed by atoms with Gasteiger partial charge >= 0.3 is 0 Å². The minimum atomic E-state index is -0.522. The van der Waals surface area contributed by atoms with Crippen LogP contribution in [0.25, 0.3) is 0 Å². The molecule has 7 heteroatoms. The zero-order chi connectivity index (χ0) is 13.7. The van der Waals surface area contributed by atoms with Crippen molar-refractivity contribution in [3.8, 4) is 0 Å². The summed E-state index contributed by atoms with van der Waals surface area (Å²) in [5.74, 6) is -0.312. The Labute approximate surface area is 110 Å². The largest absolute Gasteiger partial charge is 0.351 e. The van der Waals surface area contributed by atoms with E-state index in [0.717, 1.165) is 12.8 Å². The van der Waals surface area contributed by atoms with Crippen molar-refractivity contribution in [2.75, 3.05) is 6.54 Å². The van der Waals surface area contributed by atoms with Crippen LogP contribution in [0.15, 0.2) is 12.3 Å². The Morgan fingerprint density at radius 2 is 2.33 bits per heavy atom. The van der Waals surface area contributed by atoms with Gasteiger partial charge in [0.25, 0.3) is 11.6 Å². The number of aromatic nitrogens is 1. The molecule has 1 N–H and O–H groups in total. The average Bonchev–Trinajstić information content (AvgIpc) is 2.66. The molecular formula is C11H16ClN3O3. The van der Waals surface area contributed by atoms with Gasteiger partial charge in [0.15, 0.2) is 0 Å². The molecule has 0 aromatic carbocycles. The van der Waals surface area contributed by atoms with Gasteiger partial charge < -0.3 is 9.88 Å². The molecule has 18 heavy (non-hydrogen) atoms. The zero-order valence-corrected chi connectivity index (χ0v) is 11.1. The molecule has 0 aliphatic carbocycles. The van der Waals surface area contributed by atoms with Gasteiger partial charge in [-0.25, -0.2) is 0 Å². The van der Waals surface area contributed by atoms with E-state index in [2.05, 4.69) is 5.32 Å². The molecule has 1 aromatic heterocycles. The van der Waals surface area contributed by atoms with E-state index in [-0.39, 0.29) is 22.7 Å². The number of nitrogens with one attached hydrogen (secondary N) is 1. The van der Waals surface area contributed by atoms with Crippen molar-refractivity contribution >= 4 is 23.2 Å². The number of halogens is 1. The fraction of sp³-hybridized carbons (Fsp3) is 0.545. The average molecular weight is 274 g/mol. The highest BCUT2D eigenvalue weighted by atomic mass is 35.5. The predicted molar refractivity (Wildman–Crippen MR) is 68.9 cm³/mol. The molecule has 0 aliphatic heterocycles. The second-order valence-electron chi connectivity index (χ2n) is 4.13. The number of rotatable bonds is 6. The van der Waals surface area contributed by atoms with Gasteiger partial charge in [0.1, 0.15) is 5.69 Å². The third-order valence-corrected chi connectivity index (χ3v) is 2.72. The van der Waals surface area contributed by atoms with E-state index in [1.54, 1.807) is 7.05 Å². The van der Waals surface area contributed by atoms with Crippen LogP contribution in [0.2, 0.25) is 0 Å². The monoisotopic (exact) mass is 273 g/mol. The van der Waals surface area contributed by atoms with Crippen LogP contribution in [-0.4, -0.2) is 27.3 Å². The van der Waals surface area contributed by atoms with Gasteiger partial charge in [0.2, 0.25) is 0 Å². The molecule has 1 atom stereocenters. The number of alkyl halides is 1. The fourth-order valence-electron chi connectivity index (χ4n) is 1.55. The Kier molecular flexibility index (Phi) is 5.15. The van der Waals surface area contributed by atoms with Crippen molar-refractivity contribution < 1.29 is 9.72 Å². The lowest BCUT2D eigenvalue weighted by Crippen LogP contribution is -2.26. The number of hydrogen-bond acceptors (Lipinski definition) is 3. The maximum Gasteiger partial charge on any atom is 0.287 e. The second-order valence-corrected chi connectivity index (χ2v) is 4.88. The van der Waals surface area contributed by atoms with E-state index in [1.165, 1.54) is 16.8 Å². The molecule has 0 saturated carbocycles. The van der Waals surface area contributed by atoms with E-state index in [0.29, 0.717) is 6.54 Å². The van der Waals surface area contributed by atoms with Crippen LogP contribution in [0.4, 0.5) is 5.69 Å². The molecule has 0 fully saturated rings. The van der Waals surface area contributed by atoms with Crippen molar-refractivity contribution in [1.82, 2.24) is 9.88 Å². The highest BCUT2D eigenvalue weighted by Crippen LogP contribution is 2.15. The van der Waals surface area contributed by atoms with Crippen LogP contribution in [0, 0.1) is 10.1 Å². The number of amides is 1. The van der Waals surface area contributed by atoms with E-state index in [1.807, 2.05) is 6.92 Å². The van der Waals surface area contributed by atoms with Crippen LogP contribution in [0.3, 0.4) is 0 Å². The number of nitrogens with zero attached hydrogens (tertiary/aromatic N) is 2. The number of aryl methyl sites for hydroxylation is 1. The van der Waals surface area contributed by atoms with Crippen molar-refractivity contribution in [3.63, 3.8) is 0 Å². The van der Waals surface area contributed by atoms with Gasteiger partial charge in [-0.2, -0.15) is 0 Å². The Morgan fingerprint density at radius 1 is 1.67 bits per heavy atom. The SMILES string of the molecule is CC(Cl)CCCNC(=O)c1cc([N+](=O)[O-])cn1C. The first-order valence-electron chi connectivity index (χ1n) is 5.65. The van der Waals surface area contributed by atoms with Crippen LogP contribution in [0.1, 0.15) is 30.3 Å². The first-order valence-corrected chi connectivity index (χ1v) is 6.08. The Morgan fingerprint density at radius 3 is 2.83 bits per heavy atom. The summed E-state index contributed by atoms with van der Waals surface area (Å²) in [4.78, 5) is 21.8. The topological polar surface area (TPSA) is 77.2 Å². The number of carbonyl (C=O) groups excluding carboxylic acids is 1. The van der Waals surface area contributed by atoms with E-state index in [4.69, 9.17) is 11.6 Å². The summed E-state index contributed by atoms with van der Waals surface area (Å²) in [7, 11) is 1.60. The standard InChI is InChI=1S/C11H16ClN3O3/c1-8(12)4-3-5-13-11(16)10-6-9(15(17)18)7-14(10)2/h6-8H,3-5H2,1-2H3,(H,13,16). The summed E-state index contributed by atoms with van der Waals surface area (Å²) in [6.07, 6.45) is 2.91. The molecule has 6 nitrogen and oxygen atoms in total. The summed E-state index contributed by atoms with van der Waals surface area (Å²) in [5, 5.41) is 13.4. The lowest BCUT2D eigenvalue weighted by Gasteiger charge is -2.06. The molecule has 1 amide bonds. The summed E-state index contributed by atoms with van der Waals surface area (Å²) in [6, 6.07) is 1.26. The first kappa shape index (κ1) is 14.5. The van der Waals surface area contributed by atoms with Gasteiger partial charge in [0, 0.05) is 25.0 Å². The van der Waals surface area contributed by atoms with Crippen LogP contribution in [-0.2, 0) is 7.05 Å². The van der Waals surface area contributed by atoms with Crippen LogP contribution in [0.5, 0.6) is 0 Å². The summed E-state index contributed by atoms with van der Waals surface area (Å²) in [5.41, 5.74) is 0.192. The van der Waals surface area contributed by atoms with Crippen LogP contribution >= 0.6 is 11.6 Å². The Bertz CT molecular complexity index is 443. The summed E-state index contributed by atoms with van der Waals surface area (Å²) in [6.45, 7) is 2.40. The van der Waals surface area contributed by atoms with Gasteiger partial charge in [-0.05, 0) is 19.8 Å². The summed E-state index contributed by atoms with van der Waals surface area (Å²) < 4.78 is 1.44. The lowest BCUT2D eigenvalue weighted by molar-refractivity contribution is -0.384. The third-order valence-electron chi connectivity index (χ3n) is 2.50. The highest BCUT2D eigenvalue weighted by Gasteiger charge is 2.16. The van der Waals surface area contributed by atoms with Crippen molar-refractivity contribution in [2.24, 2.45) is 7.05 Å². The van der Waals surface area contributed by atoms with Gasteiger partial charge in [-0.3, -0.25) is 14.9 Å². The maximum atomic E-state index is 11.8. The molecule has 0 saturated heterocycles. The van der Waals surface area contributed by atoms with Gasteiger partial charge in [0.05, 0.1) is 11.1 Å². The molecule has 1 rings (SSSR count). The Balaban J connectivity index is 2.54. The van der Waals surface area contributed by atoms with E-state index >= 15 is 0 Å². The number of nitro groups is 1. The normalized spacial score (nSPS) is 12.2. The second kappa shape index (κ2) is 6.39. The molecule has 1 unspecified atom stereocenters. The smallest absolute Gasteiger partial charge is 0.287 e. The molecule has 0 spiro atoms. The van der Waals surface area contributed by atoms with Crippen molar-refractivity contribution in [3.05, 3.63) is 28.1 Å². The molecule has 1 heterocycles. The van der Waals surface area contributed by atoms with Gasteiger partial charge in [-0.15, -0.1) is 11.6 Å². The minimum Gasteiger partial charge on any atom is -0.351 e. The van der Waals surface area contributed by atoms with Crippen LogP contribution < -0.4 is 5.32 Å². The molecule has 0 radical (unpaired) electrons. The molecule has 1 aromatic rings. The Hall–Kier alpha value is -1.56. The fourth-order valence-corrected chi connectivity index (χ4v) is 1.70. The van der Waals surface area contributed by atoms with E-state index in [9.17, 15) is 14.9 Å². The highest BCUT2D eigenvalue weighted by molar-refractivity contribution is 6.20. The van der Waals surface area contributed by atoms with Crippen molar-refractivity contribution in [2.45, 2.75) is 25.1 Å². The minimum absolute atomic E-state index is 0.0815. The van der Waals surface area contributed by atoms with E-state index < -0.39 is 4.92 Å². The number of hydrogen-bond donors (Lipinski definition) is 1. The quantitative estimate of drug-likeness (QED) is 0.373. The molecule has 100 valence electrons. The molecule has 0 bridgehead atoms. The van der Waals surface area contributed by atoms with Crippen molar-refractivity contribution in [1.29, 1.82) is 0 Å². The summed E-state index contributed by atoms with van der Waals surface area (Å²) >= 11 is 5.78. The maximum absolute atomic E-state index is 11.8. The lowest BCUT2D eigenvalue weighted by atomic mass is 10.2. The predicted octanol–water partition coefficient (Wildman–Crippen LogP) is 2.07.